The van der Waals surface area contributed by atoms with Crippen LogP contribution < -0.4 is 5.73 Å². The highest BCUT2D eigenvalue weighted by atomic mass is 32.3. The van der Waals surface area contributed by atoms with Crippen molar-refractivity contribution in [2.75, 3.05) is 13.1 Å². The summed E-state index contributed by atoms with van der Waals surface area (Å²) in [4.78, 5) is 6.12. The molecule has 0 spiro atoms. The van der Waals surface area contributed by atoms with Crippen molar-refractivity contribution in [1.29, 1.82) is 0 Å². The number of rotatable bonds is 3. The molecule has 114 valence electrons. The van der Waals surface area contributed by atoms with Crippen molar-refractivity contribution in [3.63, 3.8) is 0 Å². The zero-order valence-electron chi connectivity index (χ0n) is 10.9. The summed E-state index contributed by atoms with van der Waals surface area (Å²) >= 11 is 0. The summed E-state index contributed by atoms with van der Waals surface area (Å²) in [5, 5.41) is 0.846. The van der Waals surface area contributed by atoms with Gasteiger partial charge in [-0.3, -0.25) is 4.55 Å². The highest BCUT2D eigenvalue weighted by Crippen LogP contribution is 2.19. The van der Waals surface area contributed by atoms with Gasteiger partial charge in [0.1, 0.15) is 5.82 Å². The zero-order chi connectivity index (χ0) is 14.0. The minimum absolute atomic E-state index is 0. The molecule has 0 bridgehead atoms. The highest BCUT2D eigenvalue weighted by Gasteiger charge is 2.27. The third-order valence-corrected chi connectivity index (χ3v) is 3.12. The van der Waals surface area contributed by atoms with E-state index in [0.717, 1.165) is 24.6 Å². The van der Waals surface area contributed by atoms with Crippen LogP contribution in [-0.2, 0) is 14.7 Å². The summed E-state index contributed by atoms with van der Waals surface area (Å²) in [5.41, 5.74) is 5.66. The van der Waals surface area contributed by atoms with E-state index >= 15 is 0 Å². The van der Waals surface area contributed by atoms with Crippen LogP contribution in [0.15, 0.2) is 29.0 Å². The van der Waals surface area contributed by atoms with Crippen molar-refractivity contribution in [3.05, 3.63) is 24.0 Å². The van der Waals surface area contributed by atoms with Crippen molar-refractivity contribution < 1.29 is 22.7 Å². The summed E-state index contributed by atoms with van der Waals surface area (Å²) in [5.74, 6) is 0.557. The van der Waals surface area contributed by atoms with Crippen LogP contribution in [0.4, 0.5) is 0 Å². The summed E-state index contributed by atoms with van der Waals surface area (Å²) in [6, 6.07) is -0.458. The minimum atomic E-state index is -4.62. The van der Waals surface area contributed by atoms with Crippen LogP contribution >= 0.6 is 0 Å². The van der Waals surface area contributed by atoms with E-state index < -0.39 is 16.4 Å². The second-order valence-electron chi connectivity index (χ2n) is 4.27. The van der Waals surface area contributed by atoms with Gasteiger partial charge in [0.15, 0.2) is 0 Å². The van der Waals surface area contributed by atoms with Crippen molar-refractivity contribution in [3.8, 4) is 0 Å². The molecule has 0 aromatic carbocycles. The molecule has 1 unspecified atom stereocenters. The Hall–Kier alpha value is -1.62. The summed E-state index contributed by atoms with van der Waals surface area (Å²) in [7, 11) is -4.62. The van der Waals surface area contributed by atoms with Gasteiger partial charge in [-0.05, 0) is 19.4 Å². The first-order chi connectivity index (χ1) is 8.87. The summed E-state index contributed by atoms with van der Waals surface area (Å²) in [6.45, 7) is 3.24. The molecule has 20 heavy (non-hydrogen) atoms. The number of guanidine groups is 1. The fourth-order valence-electron chi connectivity index (χ4n) is 1.93. The third-order valence-electron chi connectivity index (χ3n) is 2.77. The Morgan fingerprint density at radius 2 is 2.20 bits per heavy atom. The molecule has 2 aliphatic rings. The van der Waals surface area contributed by atoms with E-state index in [0.29, 0.717) is 5.82 Å². The number of nitrogens with zero attached hydrogens (tertiary/aromatic N) is 3. The van der Waals surface area contributed by atoms with Gasteiger partial charge in [-0.1, -0.05) is 12.2 Å². The Bertz CT molecular complexity index is 542. The van der Waals surface area contributed by atoms with E-state index in [1.54, 1.807) is 13.0 Å². The van der Waals surface area contributed by atoms with Crippen LogP contribution in [0.5, 0.6) is 0 Å². The number of hydroxylamine groups is 2. The monoisotopic (exact) mass is 306 g/mol. The standard InChI is InChI=1S/C10H16N4O4S.H2O/c1-8-7-9(13-5-3-2-4-6-13)12-10(11)14(8)18-19(15,16)17;/h2-3,7-8H,4-6H2,1H3,(H2,11,12)(H,15,16,17);1H2. The lowest BCUT2D eigenvalue weighted by molar-refractivity contribution is -0.00950. The molecule has 0 aromatic rings. The topological polar surface area (TPSA) is 140 Å². The van der Waals surface area contributed by atoms with Gasteiger partial charge >= 0.3 is 10.4 Å². The van der Waals surface area contributed by atoms with Gasteiger partial charge in [0.2, 0.25) is 5.96 Å². The fraction of sp³-hybridized carbons (Fsp3) is 0.500. The van der Waals surface area contributed by atoms with Crippen LogP contribution in [-0.4, -0.2) is 53.5 Å². The number of nitrogens with two attached hydrogens (primary N) is 1. The number of hydrogen-bond acceptors (Lipinski definition) is 7. The van der Waals surface area contributed by atoms with Gasteiger partial charge in [0.05, 0.1) is 6.04 Å². The van der Waals surface area contributed by atoms with E-state index in [1.165, 1.54) is 0 Å². The second kappa shape index (κ2) is 6.22. The maximum atomic E-state index is 10.7. The predicted molar refractivity (Wildman–Crippen MR) is 72.6 cm³/mol. The lowest BCUT2D eigenvalue weighted by atomic mass is 10.2. The fourth-order valence-corrected chi connectivity index (χ4v) is 2.34. The number of aliphatic imine (C=N–C) groups is 1. The van der Waals surface area contributed by atoms with Crippen LogP contribution in [0.2, 0.25) is 0 Å². The zero-order valence-corrected chi connectivity index (χ0v) is 11.7. The Morgan fingerprint density at radius 1 is 1.50 bits per heavy atom. The SMILES string of the molecule is CC1C=C(N2CC=CCC2)N=C(N)N1OS(=O)(=O)O.O. The molecular formula is C10H18N4O5S. The largest absolute Gasteiger partial charge is 0.418 e. The van der Waals surface area contributed by atoms with Crippen LogP contribution in [0, 0.1) is 0 Å². The molecule has 1 atom stereocenters. The molecule has 0 saturated carbocycles. The van der Waals surface area contributed by atoms with Crippen molar-refractivity contribution in [2.24, 2.45) is 10.7 Å². The summed E-state index contributed by atoms with van der Waals surface area (Å²) in [6.07, 6.45) is 6.76. The first kappa shape index (κ1) is 16.4. The Morgan fingerprint density at radius 3 is 2.70 bits per heavy atom. The Kier molecular flexibility index (Phi) is 5.11. The van der Waals surface area contributed by atoms with Crippen LogP contribution in [0.25, 0.3) is 0 Å². The van der Waals surface area contributed by atoms with Crippen molar-refractivity contribution in [2.45, 2.75) is 19.4 Å². The molecule has 0 radical (unpaired) electrons. The maximum absolute atomic E-state index is 10.7. The quantitative estimate of drug-likeness (QED) is 0.504. The average Bonchev–Trinajstić information content (AvgIpc) is 2.33. The normalized spacial score (nSPS) is 23.0. The molecule has 2 rings (SSSR count). The molecule has 0 saturated heterocycles. The van der Waals surface area contributed by atoms with E-state index in [-0.39, 0.29) is 11.4 Å². The van der Waals surface area contributed by atoms with Crippen LogP contribution in [0.1, 0.15) is 13.3 Å². The Labute approximate surface area is 117 Å². The summed E-state index contributed by atoms with van der Waals surface area (Å²) < 4.78 is 34.5. The maximum Gasteiger partial charge on any atom is 0.418 e. The molecule has 2 aliphatic heterocycles. The average molecular weight is 306 g/mol. The molecule has 0 aromatic heterocycles. The van der Waals surface area contributed by atoms with E-state index in [2.05, 4.69) is 15.4 Å². The molecule has 9 nitrogen and oxygen atoms in total. The molecule has 0 fully saturated rings. The van der Waals surface area contributed by atoms with Crippen molar-refractivity contribution >= 4 is 16.4 Å². The van der Waals surface area contributed by atoms with E-state index in [9.17, 15) is 8.42 Å². The highest BCUT2D eigenvalue weighted by molar-refractivity contribution is 7.80. The molecule has 2 heterocycles. The lowest BCUT2D eigenvalue weighted by Crippen LogP contribution is -2.47. The molecular weight excluding hydrogens is 288 g/mol. The van der Waals surface area contributed by atoms with Crippen molar-refractivity contribution in [1.82, 2.24) is 9.96 Å². The van der Waals surface area contributed by atoms with E-state index in [1.807, 2.05) is 11.0 Å². The third kappa shape index (κ3) is 3.93. The predicted octanol–water partition coefficient (Wildman–Crippen LogP) is -0.982. The molecule has 5 N–H and O–H groups in total. The molecule has 0 amide bonds. The Balaban J connectivity index is 0.00000200. The number of hydrogen-bond donors (Lipinski definition) is 2. The van der Waals surface area contributed by atoms with E-state index in [4.69, 9.17) is 10.3 Å². The van der Waals surface area contributed by atoms with Gasteiger partial charge < -0.3 is 16.1 Å². The first-order valence-electron chi connectivity index (χ1n) is 5.79. The lowest BCUT2D eigenvalue weighted by Gasteiger charge is -2.33. The first-order valence-corrected chi connectivity index (χ1v) is 7.15. The minimum Gasteiger partial charge on any atom is -0.412 e. The van der Waals surface area contributed by atoms with Gasteiger partial charge in [0, 0.05) is 13.1 Å². The van der Waals surface area contributed by atoms with Gasteiger partial charge in [-0.2, -0.15) is 18.5 Å². The van der Waals surface area contributed by atoms with Gasteiger partial charge in [-0.25, -0.2) is 0 Å². The second-order valence-corrected chi connectivity index (χ2v) is 5.27. The van der Waals surface area contributed by atoms with Gasteiger partial charge in [-0.15, -0.1) is 4.28 Å². The molecule has 0 aliphatic carbocycles. The van der Waals surface area contributed by atoms with Gasteiger partial charge in [0.25, 0.3) is 0 Å². The smallest absolute Gasteiger partial charge is 0.412 e. The van der Waals surface area contributed by atoms with Crippen LogP contribution in [0.3, 0.4) is 0 Å². The molecule has 10 heteroatoms.